The summed E-state index contributed by atoms with van der Waals surface area (Å²) in [5, 5.41) is 14.8. The molecule has 0 aliphatic heterocycles. The van der Waals surface area contributed by atoms with Gasteiger partial charge in [0.15, 0.2) is 5.13 Å². The zero-order valence-electron chi connectivity index (χ0n) is 17.9. The highest BCUT2D eigenvalue weighted by Crippen LogP contribution is 2.32. The number of nitrogens with zero attached hydrogens (tertiary/aromatic N) is 2. The second-order valence-corrected chi connectivity index (χ2v) is 9.52. The second-order valence-electron chi connectivity index (χ2n) is 8.12. The molecular weight excluding hydrogens is 450 g/mol. The number of rotatable bonds is 6. The number of esters is 1. The Morgan fingerprint density at radius 1 is 1.22 bits per heavy atom. The minimum atomic E-state index is -1.00. The molecule has 0 bridgehead atoms. The largest absolute Gasteiger partial charge is 0.459 e. The highest BCUT2D eigenvalue weighted by molar-refractivity contribution is 7.23. The van der Waals surface area contributed by atoms with Crippen molar-refractivity contribution in [3.05, 3.63) is 47.1 Å². The van der Waals surface area contributed by atoms with E-state index in [1.54, 1.807) is 52.1 Å². The average Bonchev–Trinajstić information content (AvgIpc) is 3.34. The lowest BCUT2D eigenvalue weighted by Gasteiger charge is -2.26. The lowest BCUT2D eigenvalue weighted by molar-refractivity contribution is -0.119. The fraction of sp³-hybridized carbons (Fsp3) is 0.273. The van der Waals surface area contributed by atoms with Crippen LogP contribution >= 0.6 is 22.9 Å². The smallest absolute Gasteiger partial charge is 0.339 e. The molecular formula is C22H22ClN5O3S. The van der Waals surface area contributed by atoms with Crippen molar-refractivity contribution in [2.24, 2.45) is 0 Å². The second kappa shape index (κ2) is 8.40. The van der Waals surface area contributed by atoms with Crippen molar-refractivity contribution in [3.8, 4) is 0 Å². The zero-order valence-corrected chi connectivity index (χ0v) is 19.5. The predicted molar refractivity (Wildman–Crippen MR) is 128 cm³/mol. The fourth-order valence-electron chi connectivity index (χ4n) is 3.17. The highest BCUT2D eigenvalue weighted by atomic mass is 35.5. The summed E-state index contributed by atoms with van der Waals surface area (Å²) in [4.78, 5) is 29.8. The van der Waals surface area contributed by atoms with E-state index < -0.39 is 11.5 Å². The molecule has 1 amide bonds. The van der Waals surface area contributed by atoms with Crippen LogP contribution in [0, 0.1) is 0 Å². The number of nitrogens with one attached hydrogen (secondary N) is 3. The van der Waals surface area contributed by atoms with Crippen LogP contribution in [0.2, 0.25) is 5.02 Å². The minimum Gasteiger partial charge on any atom is -0.459 e. The van der Waals surface area contributed by atoms with Crippen LogP contribution in [0.3, 0.4) is 0 Å². The van der Waals surface area contributed by atoms with Crippen molar-refractivity contribution in [1.29, 1.82) is 0 Å². The normalized spacial score (nSPS) is 11.8. The number of halogens is 1. The first kappa shape index (κ1) is 22.0. The van der Waals surface area contributed by atoms with Gasteiger partial charge in [-0.25, -0.2) is 9.78 Å². The van der Waals surface area contributed by atoms with Gasteiger partial charge in [0, 0.05) is 11.1 Å². The van der Waals surface area contributed by atoms with Gasteiger partial charge in [-0.05, 0) is 58.0 Å². The number of aromatic amines is 1. The molecule has 2 heterocycles. The lowest BCUT2D eigenvalue weighted by atomic mass is 10.0. The Balaban J connectivity index is 1.53. The number of carbonyl (C=O) groups is 2. The van der Waals surface area contributed by atoms with Gasteiger partial charge in [-0.1, -0.05) is 22.9 Å². The summed E-state index contributed by atoms with van der Waals surface area (Å²) in [7, 11) is 0. The van der Waals surface area contributed by atoms with Crippen molar-refractivity contribution < 1.29 is 14.3 Å². The van der Waals surface area contributed by atoms with Gasteiger partial charge in [-0.3, -0.25) is 15.2 Å². The molecule has 4 rings (SSSR count). The Kier molecular flexibility index (Phi) is 5.79. The minimum absolute atomic E-state index is 0.233. The van der Waals surface area contributed by atoms with Crippen LogP contribution in [-0.2, 0) is 9.53 Å². The number of H-pyrrole nitrogens is 1. The van der Waals surface area contributed by atoms with E-state index in [9.17, 15) is 9.59 Å². The van der Waals surface area contributed by atoms with Gasteiger partial charge in [0.2, 0.25) is 0 Å². The van der Waals surface area contributed by atoms with Gasteiger partial charge >= 0.3 is 5.97 Å². The number of thiazole rings is 1. The molecule has 0 unspecified atom stereocenters. The van der Waals surface area contributed by atoms with Crippen LogP contribution in [0.25, 0.3) is 21.1 Å². The van der Waals surface area contributed by atoms with Crippen LogP contribution in [0.5, 0.6) is 0 Å². The molecule has 0 spiro atoms. The van der Waals surface area contributed by atoms with E-state index in [0.717, 1.165) is 21.1 Å². The molecule has 0 saturated heterocycles. The SMILES string of the molecule is CC(C)OC(=O)c1cc(NC(C)(C)C(=O)Nc2nc3ccc4[nH]ncc4c3s2)ccc1Cl. The van der Waals surface area contributed by atoms with Crippen molar-refractivity contribution in [2.45, 2.75) is 39.3 Å². The van der Waals surface area contributed by atoms with E-state index in [2.05, 4.69) is 25.8 Å². The van der Waals surface area contributed by atoms with Crippen LogP contribution < -0.4 is 10.6 Å². The quantitative estimate of drug-likeness (QED) is 0.332. The Morgan fingerprint density at radius 3 is 2.75 bits per heavy atom. The average molecular weight is 472 g/mol. The van der Waals surface area contributed by atoms with E-state index in [4.69, 9.17) is 16.3 Å². The van der Waals surface area contributed by atoms with Crippen LogP contribution in [0.15, 0.2) is 36.5 Å². The Hall–Kier alpha value is -3.17. The van der Waals surface area contributed by atoms with E-state index in [-0.39, 0.29) is 22.6 Å². The van der Waals surface area contributed by atoms with E-state index in [0.29, 0.717) is 10.8 Å². The monoisotopic (exact) mass is 471 g/mol. The summed E-state index contributed by atoms with van der Waals surface area (Å²) in [6, 6.07) is 8.67. The Labute approximate surface area is 193 Å². The number of anilines is 2. The van der Waals surface area contributed by atoms with Crippen molar-refractivity contribution >= 4 is 66.8 Å². The number of ether oxygens (including phenoxy) is 1. The van der Waals surface area contributed by atoms with Crippen molar-refractivity contribution in [1.82, 2.24) is 15.2 Å². The van der Waals surface area contributed by atoms with E-state index in [1.165, 1.54) is 11.3 Å². The number of carbonyl (C=O) groups excluding carboxylic acids is 2. The molecule has 0 saturated carbocycles. The molecule has 166 valence electrons. The van der Waals surface area contributed by atoms with Crippen LogP contribution in [-0.4, -0.2) is 38.7 Å². The number of aromatic nitrogens is 3. The lowest BCUT2D eigenvalue weighted by Crippen LogP contribution is -2.44. The van der Waals surface area contributed by atoms with Gasteiger partial charge in [-0.15, -0.1) is 0 Å². The summed E-state index contributed by atoms with van der Waals surface area (Å²) < 4.78 is 6.19. The third-order valence-electron chi connectivity index (χ3n) is 4.75. The number of fused-ring (bicyclic) bond motifs is 3. The Morgan fingerprint density at radius 2 is 2.00 bits per heavy atom. The molecule has 2 aromatic heterocycles. The predicted octanol–water partition coefficient (Wildman–Crippen LogP) is 5.22. The molecule has 3 N–H and O–H groups in total. The first-order valence-corrected chi connectivity index (χ1v) is 11.2. The molecule has 0 fully saturated rings. The molecule has 0 aliphatic rings. The summed E-state index contributed by atoms with van der Waals surface area (Å²) in [6.45, 7) is 7.01. The van der Waals surface area contributed by atoms with E-state index >= 15 is 0 Å². The maximum Gasteiger partial charge on any atom is 0.339 e. The van der Waals surface area contributed by atoms with Gasteiger partial charge in [0.25, 0.3) is 5.91 Å². The summed E-state index contributed by atoms with van der Waals surface area (Å²) >= 11 is 7.55. The maximum atomic E-state index is 13.0. The molecule has 0 atom stereocenters. The zero-order chi connectivity index (χ0) is 23.0. The molecule has 10 heteroatoms. The fourth-order valence-corrected chi connectivity index (χ4v) is 4.33. The summed E-state index contributed by atoms with van der Waals surface area (Å²) in [6.07, 6.45) is 1.48. The van der Waals surface area contributed by atoms with Crippen molar-refractivity contribution in [2.75, 3.05) is 10.6 Å². The third-order valence-corrected chi connectivity index (χ3v) is 6.10. The maximum absolute atomic E-state index is 13.0. The summed E-state index contributed by atoms with van der Waals surface area (Å²) in [5.41, 5.74) is 1.49. The van der Waals surface area contributed by atoms with Gasteiger partial charge in [0.1, 0.15) is 5.54 Å². The number of hydrogen-bond donors (Lipinski definition) is 3. The first-order chi connectivity index (χ1) is 15.1. The van der Waals surface area contributed by atoms with Gasteiger partial charge in [-0.2, -0.15) is 5.10 Å². The number of hydrogen-bond acceptors (Lipinski definition) is 7. The standard InChI is InChI=1S/C22H22ClN5O3S/c1-11(2)31-19(29)13-9-12(5-6-15(13)23)27-22(3,4)20(30)26-21-25-17-8-7-16-14(10-24-28-16)18(17)32-21/h5-11,27H,1-4H3,(H,24,28)(H,25,26,30). The van der Waals surface area contributed by atoms with Crippen molar-refractivity contribution in [3.63, 3.8) is 0 Å². The summed E-state index contributed by atoms with van der Waals surface area (Å²) in [5.74, 6) is -0.794. The molecule has 32 heavy (non-hydrogen) atoms. The van der Waals surface area contributed by atoms with Crippen LogP contribution in [0.1, 0.15) is 38.1 Å². The molecule has 4 aromatic rings. The first-order valence-electron chi connectivity index (χ1n) is 9.97. The molecule has 2 aromatic carbocycles. The number of amides is 1. The molecule has 0 radical (unpaired) electrons. The Bertz CT molecular complexity index is 1330. The molecule has 8 nitrogen and oxygen atoms in total. The van der Waals surface area contributed by atoms with Gasteiger partial charge in [0.05, 0.1) is 38.6 Å². The topological polar surface area (TPSA) is 109 Å². The van der Waals surface area contributed by atoms with Crippen LogP contribution in [0.4, 0.5) is 10.8 Å². The third kappa shape index (κ3) is 4.39. The van der Waals surface area contributed by atoms with Gasteiger partial charge < -0.3 is 10.1 Å². The number of benzene rings is 2. The van der Waals surface area contributed by atoms with E-state index in [1.807, 2.05) is 12.1 Å². The molecule has 0 aliphatic carbocycles. The highest BCUT2D eigenvalue weighted by Gasteiger charge is 2.29.